The van der Waals surface area contributed by atoms with Gasteiger partial charge in [-0.3, -0.25) is 4.90 Å². The number of hydrogen-bond donors (Lipinski definition) is 1. The van der Waals surface area contributed by atoms with Crippen LogP contribution in [0.1, 0.15) is 37.3 Å². The van der Waals surface area contributed by atoms with Crippen LogP contribution in [-0.4, -0.2) is 29.7 Å². The number of aryl methyl sites for hydroxylation is 1. The van der Waals surface area contributed by atoms with Gasteiger partial charge in [0.1, 0.15) is 17.1 Å². The van der Waals surface area contributed by atoms with E-state index in [1.165, 1.54) is 6.42 Å². The normalized spacial score (nSPS) is 17.6. The number of rotatable bonds is 4. The van der Waals surface area contributed by atoms with Crippen LogP contribution in [0.15, 0.2) is 45.6 Å². The number of methoxy groups -OCH3 is 1. The first-order valence-corrected chi connectivity index (χ1v) is 10.2. The molecule has 1 aromatic heterocycles. The zero-order valence-corrected chi connectivity index (χ0v) is 17.2. The maximum Gasteiger partial charge on any atom is 0.344 e. The third kappa shape index (κ3) is 3.62. The molecule has 29 heavy (non-hydrogen) atoms. The summed E-state index contributed by atoms with van der Waals surface area (Å²) in [7, 11) is 1.61. The number of aromatic hydroxyl groups is 1. The highest BCUT2D eigenvalue weighted by atomic mass is 16.5. The number of hydrogen-bond acceptors (Lipinski definition) is 5. The first-order valence-electron chi connectivity index (χ1n) is 10.2. The second-order valence-corrected chi connectivity index (χ2v) is 7.87. The van der Waals surface area contributed by atoms with Gasteiger partial charge < -0.3 is 14.3 Å². The standard InChI is InChI=1S/C24H27NO4/c1-15-6-4-5-13-25(15)14-20-21(26)12-11-19-16(2)22(24(27)29-23(19)20)17-7-9-18(28-3)10-8-17/h7-12,15,26H,4-6,13-14H2,1-3H3. The van der Waals surface area contributed by atoms with Crippen molar-refractivity contribution < 1.29 is 14.3 Å². The van der Waals surface area contributed by atoms with Gasteiger partial charge in [-0.05, 0) is 68.6 Å². The smallest absolute Gasteiger partial charge is 0.344 e. The van der Waals surface area contributed by atoms with Gasteiger partial charge in [0.15, 0.2) is 0 Å². The Balaban J connectivity index is 1.83. The van der Waals surface area contributed by atoms with Gasteiger partial charge in [0.25, 0.3) is 0 Å². The quantitative estimate of drug-likeness (QED) is 0.642. The Labute approximate surface area is 170 Å². The summed E-state index contributed by atoms with van der Waals surface area (Å²) in [5.74, 6) is 0.912. The fourth-order valence-electron chi connectivity index (χ4n) is 4.30. The molecule has 152 valence electrons. The molecular weight excluding hydrogens is 366 g/mol. The molecule has 0 amide bonds. The van der Waals surface area contributed by atoms with Crippen molar-refractivity contribution >= 4 is 11.0 Å². The molecule has 0 spiro atoms. The van der Waals surface area contributed by atoms with Crippen molar-refractivity contribution in [2.75, 3.05) is 13.7 Å². The lowest BCUT2D eigenvalue weighted by Gasteiger charge is -2.33. The highest BCUT2D eigenvalue weighted by Crippen LogP contribution is 2.34. The van der Waals surface area contributed by atoms with Crippen LogP contribution in [0.4, 0.5) is 0 Å². The van der Waals surface area contributed by atoms with Crippen LogP contribution >= 0.6 is 0 Å². The minimum atomic E-state index is -0.390. The van der Waals surface area contributed by atoms with Gasteiger partial charge >= 0.3 is 5.63 Å². The summed E-state index contributed by atoms with van der Waals surface area (Å²) in [6.45, 7) is 5.71. The summed E-state index contributed by atoms with van der Waals surface area (Å²) in [6.07, 6.45) is 3.54. The van der Waals surface area contributed by atoms with E-state index in [0.29, 0.717) is 29.3 Å². The molecule has 5 nitrogen and oxygen atoms in total. The predicted octanol–water partition coefficient (Wildman–Crippen LogP) is 4.86. The van der Waals surface area contributed by atoms with Gasteiger partial charge in [-0.1, -0.05) is 18.6 Å². The highest BCUT2D eigenvalue weighted by Gasteiger charge is 2.23. The Kier molecular flexibility index (Phi) is 5.33. The number of fused-ring (bicyclic) bond motifs is 1. The van der Waals surface area contributed by atoms with Crippen LogP contribution in [0.25, 0.3) is 22.1 Å². The Morgan fingerprint density at radius 1 is 1.17 bits per heavy atom. The highest BCUT2D eigenvalue weighted by molar-refractivity contribution is 5.89. The van der Waals surface area contributed by atoms with Gasteiger partial charge in [0, 0.05) is 18.0 Å². The molecule has 1 aliphatic heterocycles. The molecule has 1 unspecified atom stereocenters. The molecule has 4 rings (SSSR count). The summed E-state index contributed by atoms with van der Waals surface area (Å²) in [6, 6.07) is 11.4. The number of benzene rings is 2. The largest absolute Gasteiger partial charge is 0.507 e. The van der Waals surface area contributed by atoms with Crippen LogP contribution in [0.5, 0.6) is 11.5 Å². The third-order valence-corrected chi connectivity index (χ3v) is 6.09. The van der Waals surface area contributed by atoms with Gasteiger partial charge in [-0.2, -0.15) is 0 Å². The summed E-state index contributed by atoms with van der Waals surface area (Å²) < 4.78 is 11.0. The SMILES string of the molecule is COc1ccc(-c2c(C)c3ccc(O)c(CN4CCCCC4C)c3oc2=O)cc1. The minimum Gasteiger partial charge on any atom is -0.507 e. The number of likely N-dealkylation sites (tertiary alicyclic amines) is 1. The molecule has 1 atom stereocenters. The van der Waals surface area contributed by atoms with Crippen LogP contribution in [-0.2, 0) is 6.54 Å². The van der Waals surface area contributed by atoms with E-state index in [-0.39, 0.29) is 5.75 Å². The Morgan fingerprint density at radius 3 is 2.62 bits per heavy atom. The van der Waals surface area contributed by atoms with Crippen molar-refractivity contribution in [2.45, 2.75) is 45.7 Å². The molecule has 1 saturated heterocycles. The van der Waals surface area contributed by atoms with Gasteiger partial charge in [0.05, 0.1) is 18.2 Å². The zero-order chi connectivity index (χ0) is 20.5. The van der Waals surface area contributed by atoms with E-state index in [4.69, 9.17) is 9.15 Å². The topological polar surface area (TPSA) is 62.9 Å². The molecule has 1 fully saturated rings. The Hall–Kier alpha value is -2.79. The lowest BCUT2D eigenvalue weighted by molar-refractivity contribution is 0.151. The number of phenolic OH excluding ortho intramolecular Hbond substituents is 1. The third-order valence-electron chi connectivity index (χ3n) is 6.09. The van der Waals surface area contributed by atoms with Gasteiger partial charge in [0.2, 0.25) is 0 Å². The predicted molar refractivity (Wildman–Crippen MR) is 115 cm³/mol. The lowest BCUT2D eigenvalue weighted by Crippen LogP contribution is -2.36. The van der Waals surface area contributed by atoms with Crippen molar-refractivity contribution in [2.24, 2.45) is 0 Å². The number of phenols is 1. The molecule has 5 heteroatoms. The Bertz CT molecular complexity index is 1080. The van der Waals surface area contributed by atoms with Crippen molar-refractivity contribution in [1.82, 2.24) is 4.90 Å². The van der Waals surface area contributed by atoms with E-state index in [9.17, 15) is 9.90 Å². The fraction of sp³-hybridized carbons (Fsp3) is 0.375. The molecule has 0 aliphatic carbocycles. The van der Waals surface area contributed by atoms with E-state index in [2.05, 4.69) is 11.8 Å². The summed E-state index contributed by atoms with van der Waals surface area (Å²) >= 11 is 0. The number of ether oxygens (including phenoxy) is 1. The maximum atomic E-state index is 12.9. The number of piperidine rings is 1. The van der Waals surface area contributed by atoms with E-state index >= 15 is 0 Å². The first-order chi connectivity index (χ1) is 14.0. The molecular formula is C24H27NO4. The molecule has 1 N–H and O–H groups in total. The Morgan fingerprint density at radius 2 is 1.93 bits per heavy atom. The summed E-state index contributed by atoms with van der Waals surface area (Å²) in [5, 5.41) is 11.4. The van der Waals surface area contributed by atoms with E-state index in [0.717, 1.165) is 41.6 Å². The molecule has 0 bridgehead atoms. The van der Waals surface area contributed by atoms with E-state index in [1.807, 2.05) is 37.3 Å². The fourth-order valence-corrected chi connectivity index (χ4v) is 4.30. The van der Waals surface area contributed by atoms with Crippen LogP contribution < -0.4 is 10.4 Å². The first kappa shape index (κ1) is 19.5. The molecule has 0 radical (unpaired) electrons. The van der Waals surface area contributed by atoms with Crippen molar-refractivity contribution in [3.63, 3.8) is 0 Å². The van der Waals surface area contributed by atoms with Gasteiger partial charge in [-0.25, -0.2) is 4.79 Å². The van der Waals surface area contributed by atoms with Crippen LogP contribution in [0.2, 0.25) is 0 Å². The van der Waals surface area contributed by atoms with Gasteiger partial charge in [-0.15, -0.1) is 0 Å². The lowest BCUT2D eigenvalue weighted by atomic mass is 9.97. The number of nitrogens with zero attached hydrogens (tertiary/aromatic N) is 1. The van der Waals surface area contributed by atoms with Crippen LogP contribution in [0.3, 0.4) is 0 Å². The summed E-state index contributed by atoms with van der Waals surface area (Å²) in [5.41, 5.74) is 2.98. The summed E-state index contributed by atoms with van der Waals surface area (Å²) in [4.78, 5) is 15.3. The molecule has 2 aromatic carbocycles. The zero-order valence-electron chi connectivity index (χ0n) is 17.2. The van der Waals surface area contributed by atoms with E-state index in [1.54, 1.807) is 13.2 Å². The van der Waals surface area contributed by atoms with Crippen LogP contribution in [0, 0.1) is 6.92 Å². The van der Waals surface area contributed by atoms with Crippen molar-refractivity contribution in [3.05, 3.63) is 57.9 Å². The molecule has 0 saturated carbocycles. The molecule has 2 heterocycles. The van der Waals surface area contributed by atoms with E-state index < -0.39 is 5.63 Å². The second kappa shape index (κ2) is 7.91. The van der Waals surface area contributed by atoms with Crippen molar-refractivity contribution in [3.8, 4) is 22.6 Å². The van der Waals surface area contributed by atoms with Crippen molar-refractivity contribution in [1.29, 1.82) is 0 Å². The molecule has 1 aliphatic rings. The second-order valence-electron chi connectivity index (χ2n) is 7.87. The average Bonchev–Trinajstić information content (AvgIpc) is 2.72. The maximum absolute atomic E-state index is 12.9. The average molecular weight is 393 g/mol. The molecule has 3 aromatic rings. The minimum absolute atomic E-state index is 0.176. The monoisotopic (exact) mass is 393 g/mol.